The number of fused-ring (bicyclic) bond motifs is 1. The molecular weight excluding hydrogens is 544 g/mol. The third kappa shape index (κ3) is 6.43. The maximum Gasteiger partial charge on any atom is 0.255 e. The molecule has 2 heterocycles. The Morgan fingerprint density at radius 1 is 0.907 bits per heavy atom. The second kappa shape index (κ2) is 13.1. The van der Waals surface area contributed by atoms with Crippen LogP contribution < -0.4 is 20.1 Å². The van der Waals surface area contributed by atoms with Crippen LogP contribution in [0.15, 0.2) is 85.3 Å². The number of hydrogen-bond acceptors (Lipinski definition) is 7. The molecule has 3 aromatic carbocycles. The van der Waals surface area contributed by atoms with Crippen LogP contribution in [0.4, 0.5) is 17.2 Å². The lowest BCUT2D eigenvalue weighted by molar-refractivity contribution is 0.0773. The molecule has 2 N–H and O–H groups in total. The number of amides is 2. The second-order valence-electron chi connectivity index (χ2n) is 9.65. The number of aromatic nitrogens is 3. The van der Waals surface area contributed by atoms with Crippen molar-refractivity contribution in [3.63, 3.8) is 0 Å². The van der Waals surface area contributed by atoms with Gasteiger partial charge >= 0.3 is 0 Å². The molecular formula is C33H34N6O4. The standard InChI is InChI=1S/C33H34N6O4/c1-5-38(6-2)33(41)22-11-13-25(14-12-22)36-32(40)24-10-8-9-23(19-24)27-21-39-18-17-34-31(39)30(37-27)35-26-15-16-28(42-4)29(20-26)43-7-3/h8-21H,5-7H2,1-4H3,(H,35,37)(H,36,40). The molecule has 0 aliphatic heterocycles. The molecule has 10 heteroatoms. The van der Waals surface area contributed by atoms with Crippen molar-refractivity contribution >= 4 is 34.7 Å². The largest absolute Gasteiger partial charge is 0.493 e. The zero-order chi connectivity index (χ0) is 30.3. The number of nitrogens with zero attached hydrogens (tertiary/aromatic N) is 4. The Bertz CT molecular complexity index is 1740. The smallest absolute Gasteiger partial charge is 0.255 e. The molecule has 220 valence electrons. The first-order valence-corrected chi connectivity index (χ1v) is 14.2. The topological polar surface area (TPSA) is 110 Å². The molecule has 0 fully saturated rings. The summed E-state index contributed by atoms with van der Waals surface area (Å²) < 4.78 is 13.0. The summed E-state index contributed by atoms with van der Waals surface area (Å²) in [7, 11) is 1.60. The quantitative estimate of drug-likeness (QED) is 0.190. The number of rotatable bonds is 11. The van der Waals surface area contributed by atoms with Crippen LogP contribution in [0.2, 0.25) is 0 Å². The van der Waals surface area contributed by atoms with Crippen LogP contribution in [-0.2, 0) is 0 Å². The normalized spacial score (nSPS) is 10.8. The maximum absolute atomic E-state index is 13.2. The summed E-state index contributed by atoms with van der Waals surface area (Å²) in [5.41, 5.74) is 4.47. The van der Waals surface area contributed by atoms with Crippen LogP contribution in [0.25, 0.3) is 16.9 Å². The highest BCUT2D eigenvalue weighted by atomic mass is 16.5. The lowest BCUT2D eigenvalue weighted by atomic mass is 10.1. The molecule has 0 bridgehead atoms. The van der Waals surface area contributed by atoms with E-state index in [1.165, 1.54) is 0 Å². The number of ether oxygens (including phenoxy) is 2. The average molecular weight is 579 g/mol. The fraction of sp³-hybridized carbons (Fsp3) is 0.212. The Morgan fingerprint density at radius 2 is 1.67 bits per heavy atom. The van der Waals surface area contributed by atoms with Crippen molar-refractivity contribution < 1.29 is 19.1 Å². The van der Waals surface area contributed by atoms with Crippen molar-refractivity contribution in [3.8, 4) is 22.8 Å². The number of benzene rings is 3. The maximum atomic E-state index is 13.2. The minimum Gasteiger partial charge on any atom is -0.493 e. The van der Waals surface area contributed by atoms with Gasteiger partial charge in [0.1, 0.15) is 0 Å². The number of carbonyl (C=O) groups is 2. The van der Waals surface area contributed by atoms with E-state index in [0.29, 0.717) is 65.2 Å². The zero-order valence-corrected chi connectivity index (χ0v) is 24.6. The molecule has 0 aliphatic rings. The number of anilines is 3. The van der Waals surface area contributed by atoms with Crippen molar-refractivity contribution in [1.82, 2.24) is 19.3 Å². The molecule has 0 radical (unpaired) electrons. The van der Waals surface area contributed by atoms with Gasteiger partial charge < -0.3 is 29.4 Å². The second-order valence-corrected chi connectivity index (χ2v) is 9.65. The monoisotopic (exact) mass is 578 g/mol. The third-order valence-electron chi connectivity index (χ3n) is 6.96. The van der Waals surface area contributed by atoms with E-state index in [9.17, 15) is 9.59 Å². The van der Waals surface area contributed by atoms with E-state index >= 15 is 0 Å². The van der Waals surface area contributed by atoms with Crippen molar-refractivity contribution in [2.45, 2.75) is 20.8 Å². The number of carbonyl (C=O) groups excluding carboxylic acids is 2. The fourth-order valence-electron chi connectivity index (χ4n) is 4.73. The van der Waals surface area contributed by atoms with Gasteiger partial charge in [0.05, 0.1) is 19.4 Å². The van der Waals surface area contributed by atoms with Gasteiger partial charge in [0.15, 0.2) is 23.0 Å². The van der Waals surface area contributed by atoms with Crippen LogP contribution >= 0.6 is 0 Å². The molecule has 0 saturated carbocycles. The van der Waals surface area contributed by atoms with Crippen LogP contribution in [0.3, 0.4) is 0 Å². The lowest BCUT2D eigenvalue weighted by Gasteiger charge is -2.18. The van der Waals surface area contributed by atoms with Crippen LogP contribution in [0.1, 0.15) is 41.5 Å². The minimum absolute atomic E-state index is 0.0338. The number of hydrogen-bond donors (Lipinski definition) is 2. The summed E-state index contributed by atoms with van der Waals surface area (Å²) in [5.74, 6) is 1.50. The van der Waals surface area contributed by atoms with Gasteiger partial charge in [-0.1, -0.05) is 12.1 Å². The van der Waals surface area contributed by atoms with Gasteiger partial charge in [-0.2, -0.15) is 0 Å². The molecule has 0 unspecified atom stereocenters. The summed E-state index contributed by atoms with van der Waals surface area (Å²) in [4.78, 5) is 36.9. The highest BCUT2D eigenvalue weighted by molar-refractivity contribution is 6.05. The van der Waals surface area contributed by atoms with E-state index in [-0.39, 0.29) is 11.8 Å². The first kappa shape index (κ1) is 29.1. The fourth-order valence-corrected chi connectivity index (χ4v) is 4.73. The van der Waals surface area contributed by atoms with Crippen molar-refractivity contribution in [2.75, 3.05) is 37.4 Å². The Labute approximate surface area is 250 Å². The predicted molar refractivity (Wildman–Crippen MR) is 168 cm³/mol. The molecule has 10 nitrogen and oxygen atoms in total. The summed E-state index contributed by atoms with van der Waals surface area (Å²) in [5, 5.41) is 6.27. The van der Waals surface area contributed by atoms with E-state index in [0.717, 1.165) is 11.3 Å². The first-order valence-electron chi connectivity index (χ1n) is 14.2. The van der Waals surface area contributed by atoms with Gasteiger partial charge in [-0.3, -0.25) is 9.59 Å². The van der Waals surface area contributed by atoms with Crippen molar-refractivity contribution in [2.24, 2.45) is 0 Å². The minimum atomic E-state index is -0.270. The van der Waals surface area contributed by atoms with Gasteiger partial charge in [-0.25, -0.2) is 9.97 Å². The van der Waals surface area contributed by atoms with Gasteiger partial charge in [-0.15, -0.1) is 0 Å². The van der Waals surface area contributed by atoms with E-state index in [1.807, 2.05) is 67.9 Å². The molecule has 0 saturated heterocycles. The molecule has 5 aromatic rings. The molecule has 5 rings (SSSR count). The van der Waals surface area contributed by atoms with Gasteiger partial charge in [0, 0.05) is 65.8 Å². The van der Waals surface area contributed by atoms with E-state index in [1.54, 1.807) is 54.6 Å². The van der Waals surface area contributed by atoms with Crippen LogP contribution in [0, 0.1) is 0 Å². The lowest BCUT2D eigenvalue weighted by Crippen LogP contribution is -2.30. The van der Waals surface area contributed by atoms with Crippen molar-refractivity contribution in [3.05, 3.63) is 96.4 Å². The average Bonchev–Trinajstić information content (AvgIpc) is 3.52. The molecule has 2 aromatic heterocycles. The molecule has 0 atom stereocenters. The highest BCUT2D eigenvalue weighted by Crippen LogP contribution is 2.32. The Morgan fingerprint density at radius 3 is 2.40 bits per heavy atom. The Kier molecular flexibility index (Phi) is 8.85. The predicted octanol–water partition coefficient (Wildman–Crippen LogP) is 6.28. The first-order chi connectivity index (χ1) is 20.9. The molecule has 0 spiro atoms. The van der Waals surface area contributed by atoms with Crippen molar-refractivity contribution in [1.29, 1.82) is 0 Å². The SMILES string of the molecule is CCOc1cc(Nc2nc(-c3cccc(C(=O)Nc4ccc(C(=O)N(CC)CC)cc4)c3)cn3ccnc23)ccc1OC. The van der Waals surface area contributed by atoms with E-state index < -0.39 is 0 Å². The molecule has 2 amide bonds. The summed E-state index contributed by atoms with van der Waals surface area (Å²) in [6.45, 7) is 7.60. The molecule has 0 aliphatic carbocycles. The van der Waals surface area contributed by atoms with E-state index in [4.69, 9.17) is 14.5 Å². The number of methoxy groups -OCH3 is 1. The van der Waals surface area contributed by atoms with Gasteiger partial charge in [0.25, 0.3) is 11.8 Å². The van der Waals surface area contributed by atoms with Gasteiger partial charge in [-0.05, 0) is 69.3 Å². The Balaban J connectivity index is 1.38. The van der Waals surface area contributed by atoms with Crippen LogP contribution in [0.5, 0.6) is 11.5 Å². The number of imidazole rings is 1. The van der Waals surface area contributed by atoms with Gasteiger partial charge in [0.2, 0.25) is 0 Å². The third-order valence-corrected chi connectivity index (χ3v) is 6.96. The van der Waals surface area contributed by atoms with E-state index in [2.05, 4.69) is 15.6 Å². The summed E-state index contributed by atoms with van der Waals surface area (Å²) in [6.07, 6.45) is 5.42. The highest BCUT2D eigenvalue weighted by Gasteiger charge is 2.15. The summed E-state index contributed by atoms with van der Waals surface area (Å²) in [6, 6.07) is 19.8. The molecule has 43 heavy (non-hydrogen) atoms. The zero-order valence-electron chi connectivity index (χ0n) is 24.6. The number of nitrogens with one attached hydrogen (secondary N) is 2. The summed E-state index contributed by atoms with van der Waals surface area (Å²) >= 11 is 0. The Hall–Kier alpha value is -5.38. The van der Waals surface area contributed by atoms with Crippen LogP contribution in [-0.4, -0.2) is 57.9 Å².